The van der Waals surface area contributed by atoms with Gasteiger partial charge in [0.25, 0.3) is 0 Å². The van der Waals surface area contributed by atoms with E-state index in [2.05, 4.69) is 15.3 Å². The zero-order chi connectivity index (χ0) is 14.5. The van der Waals surface area contributed by atoms with Crippen molar-refractivity contribution in [1.29, 1.82) is 0 Å². The highest BCUT2D eigenvalue weighted by molar-refractivity contribution is 5.90. The van der Waals surface area contributed by atoms with Crippen molar-refractivity contribution < 1.29 is 14.7 Å². The van der Waals surface area contributed by atoms with E-state index in [1.54, 1.807) is 18.5 Å². The monoisotopic (exact) mass is 278 g/mol. The maximum atomic E-state index is 11.9. The van der Waals surface area contributed by atoms with Gasteiger partial charge in [-0.1, -0.05) is 0 Å². The fraction of sp³-hybridized carbons (Fsp3) is 0.538. The molecular formula is C13H18N4O3. The molecular weight excluding hydrogens is 260 g/mol. The largest absolute Gasteiger partial charge is 0.481 e. The molecule has 0 saturated carbocycles. The smallest absolute Gasteiger partial charge is 0.306 e. The highest BCUT2D eigenvalue weighted by Gasteiger charge is 2.30. The summed E-state index contributed by atoms with van der Waals surface area (Å²) in [4.78, 5) is 32.7. The molecule has 0 radical (unpaired) electrons. The first kappa shape index (κ1) is 14.4. The molecule has 2 heterocycles. The number of aromatic nitrogens is 2. The van der Waals surface area contributed by atoms with Crippen LogP contribution in [0.4, 0.5) is 5.95 Å². The molecule has 20 heavy (non-hydrogen) atoms. The average molecular weight is 278 g/mol. The third kappa shape index (κ3) is 3.74. The molecule has 108 valence electrons. The van der Waals surface area contributed by atoms with Crippen LogP contribution in [0.15, 0.2) is 18.5 Å². The van der Waals surface area contributed by atoms with Crippen molar-refractivity contribution in [2.45, 2.75) is 25.8 Å². The van der Waals surface area contributed by atoms with Crippen molar-refractivity contribution in [2.75, 3.05) is 18.4 Å². The van der Waals surface area contributed by atoms with Gasteiger partial charge in [0.05, 0.1) is 12.5 Å². The number of carboxylic acids is 1. The normalized spacial score (nSPS) is 23.2. The maximum absolute atomic E-state index is 11.9. The van der Waals surface area contributed by atoms with Gasteiger partial charge in [0.15, 0.2) is 0 Å². The number of likely N-dealkylation sites (tertiary alicyclic amines) is 1. The molecule has 1 aliphatic rings. The molecule has 1 amide bonds. The quantitative estimate of drug-likeness (QED) is 0.837. The fourth-order valence-corrected chi connectivity index (χ4v) is 2.39. The van der Waals surface area contributed by atoms with Crippen molar-refractivity contribution >= 4 is 17.8 Å². The van der Waals surface area contributed by atoms with Gasteiger partial charge >= 0.3 is 5.97 Å². The Bertz CT molecular complexity index is 480. The van der Waals surface area contributed by atoms with Crippen LogP contribution < -0.4 is 5.32 Å². The second-order valence-corrected chi connectivity index (χ2v) is 5.00. The lowest BCUT2D eigenvalue weighted by molar-refractivity contribution is -0.144. The van der Waals surface area contributed by atoms with Gasteiger partial charge in [0.2, 0.25) is 11.9 Å². The second-order valence-electron chi connectivity index (χ2n) is 5.00. The van der Waals surface area contributed by atoms with E-state index < -0.39 is 5.97 Å². The summed E-state index contributed by atoms with van der Waals surface area (Å²) in [7, 11) is 0. The van der Waals surface area contributed by atoms with Crippen LogP contribution in [-0.2, 0) is 9.59 Å². The Balaban J connectivity index is 1.84. The van der Waals surface area contributed by atoms with Gasteiger partial charge in [-0.15, -0.1) is 0 Å². The van der Waals surface area contributed by atoms with E-state index in [4.69, 9.17) is 5.11 Å². The third-order valence-electron chi connectivity index (χ3n) is 3.53. The second kappa shape index (κ2) is 6.42. The van der Waals surface area contributed by atoms with Crippen LogP contribution in [0.5, 0.6) is 0 Å². The number of rotatable bonds is 4. The fourth-order valence-electron chi connectivity index (χ4n) is 2.39. The molecule has 2 rings (SSSR count). The molecule has 0 bridgehead atoms. The van der Waals surface area contributed by atoms with Gasteiger partial charge < -0.3 is 5.11 Å². The van der Waals surface area contributed by atoms with Crippen LogP contribution in [0.1, 0.15) is 19.8 Å². The summed E-state index contributed by atoms with van der Waals surface area (Å²) in [5.41, 5.74) is 0. The van der Waals surface area contributed by atoms with Crippen molar-refractivity contribution in [3.05, 3.63) is 18.5 Å². The number of carboxylic acid groups (broad SMARTS) is 1. The topological polar surface area (TPSA) is 95.4 Å². The molecule has 2 unspecified atom stereocenters. The van der Waals surface area contributed by atoms with E-state index in [-0.39, 0.29) is 30.4 Å². The summed E-state index contributed by atoms with van der Waals surface area (Å²) in [5.74, 6) is -0.956. The highest BCUT2D eigenvalue weighted by Crippen LogP contribution is 2.22. The van der Waals surface area contributed by atoms with Gasteiger partial charge in [-0.05, 0) is 32.4 Å². The van der Waals surface area contributed by atoms with Crippen molar-refractivity contribution in [3.8, 4) is 0 Å². The Morgan fingerprint density at radius 3 is 2.75 bits per heavy atom. The lowest BCUT2D eigenvalue weighted by Crippen LogP contribution is -2.46. The van der Waals surface area contributed by atoms with E-state index >= 15 is 0 Å². The number of anilines is 1. The number of nitrogens with zero attached hydrogens (tertiary/aromatic N) is 3. The van der Waals surface area contributed by atoms with Crippen molar-refractivity contribution in [2.24, 2.45) is 5.92 Å². The first-order valence-corrected chi connectivity index (χ1v) is 6.60. The SMILES string of the molecule is CC1CC(C(=O)O)CCN1CC(=O)Nc1ncccn1. The molecule has 1 aromatic heterocycles. The van der Waals surface area contributed by atoms with E-state index in [0.717, 1.165) is 0 Å². The van der Waals surface area contributed by atoms with Crippen LogP contribution in [-0.4, -0.2) is 51.0 Å². The third-order valence-corrected chi connectivity index (χ3v) is 3.53. The van der Waals surface area contributed by atoms with Gasteiger partial charge in [0, 0.05) is 18.4 Å². The van der Waals surface area contributed by atoms with Gasteiger partial charge in [-0.3, -0.25) is 19.8 Å². The first-order valence-electron chi connectivity index (χ1n) is 6.60. The molecule has 1 fully saturated rings. The first-order chi connectivity index (χ1) is 9.56. The van der Waals surface area contributed by atoms with Crippen molar-refractivity contribution in [3.63, 3.8) is 0 Å². The number of piperidine rings is 1. The Morgan fingerprint density at radius 1 is 1.45 bits per heavy atom. The number of carbonyl (C=O) groups excluding carboxylic acids is 1. The van der Waals surface area contributed by atoms with Crippen LogP contribution in [0.3, 0.4) is 0 Å². The Morgan fingerprint density at radius 2 is 2.15 bits per heavy atom. The summed E-state index contributed by atoms with van der Waals surface area (Å²) in [6.45, 7) is 2.79. The van der Waals surface area contributed by atoms with Gasteiger partial charge in [-0.2, -0.15) is 0 Å². The molecule has 1 aliphatic heterocycles. The van der Waals surface area contributed by atoms with Crippen LogP contribution in [0.2, 0.25) is 0 Å². The molecule has 1 aromatic rings. The highest BCUT2D eigenvalue weighted by atomic mass is 16.4. The predicted molar refractivity (Wildman–Crippen MR) is 72.1 cm³/mol. The van der Waals surface area contributed by atoms with Gasteiger partial charge in [0.1, 0.15) is 0 Å². The molecule has 0 aliphatic carbocycles. The number of carbonyl (C=O) groups is 2. The number of nitrogens with one attached hydrogen (secondary N) is 1. The minimum absolute atomic E-state index is 0.0762. The summed E-state index contributed by atoms with van der Waals surface area (Å²) in [6.07, 6.45) is 4.27. The number of amides is 1. The van der Waals surface area contributed by atoms with E-state index in [1.807, 2.05) is 11.8 Å². The minimum Gasteiger partial charge on any atom is -0.481 e. The Hall–Kier alpha value is -2.02. The van der Waals surface area contributed by atoms with Crippen LogP contribution >= 0.6 is 0 Å². The van der Waals surface area contributed by atoms with Crippen LogP contribution in [0.25, 0.3) is 0 Å². The average Bonchev–Trinajstić information content (AvgIpc) is 2.42. The molecule has 7 heteroatoms. The minimum atomic E-state index is -0.751. The number of aliphatic carboxylic acids is 1. The van der Waals surface area contributed by atoms with Crippen LogP contribution in [0, 0.1) is 5.92 Å². The summed E-state index contributed by atoms with van der Waals surface area (Å²) < 4.78 is 0. The van der Waals surface area contributed by atoms with E-state index in [0.29, 0.717) is 19.4 Å². The van der Waals surface area contributed by atoms with E-state index in [1.165, 1.54) is 0 Å². The zero-order valence-corrected chi connectivity index (χ0v) is 11.3. The molecule has 2 N–H and O–H groups in total. The molecule has 1 saturated heterocycles. The zero-order valence-electron chi connectivity index (χ0n) is 11.3. The number of hydrogen-bond acceptors (Lipinski definition) is 5. The Labute approximate surface area is 117 Å². The lowest BCUT2D eigenvalue weighted by Gasteiger charge is -2.35. The standard InChI is InChI=1S/C13H18N4O3/c1-9-7-10(12(19)20)3-6-17(9)8-11(18)16-13-14-4-2-5-15-13/h2,4-5,9-10H,3,6-8H2,1H3,(H,19,20)(H,14,15,16,18). The molecule has 2 atom stereocenters. The lowest BCUT2D eigenvalue weighted by atomic mass is 9.92. The summed E-state index contributed by atoms with van der Waals surface area (Å²) in [6, 6.07) is 1.75. The Kier molecular flexibility index (Phi) is 4.62. The maximum Gasteiger partial charge on any atom is 0.306 e. The summed E-state index contributed by atoms with van der Waals surface area (Å²) in [5, 5.41) is 11.6. The molecule has 7 nitrogen and oxygen atoms in total. The van der Waals surface area contributed by atoms with Gasteiger partial charge in [-0.25, -0.2) is 9.97 Å². The molecule has 0 aromatic carbocycles. The summed E-state index contributed by atoms with van der Waals surface area (Å²) >= 11 is 0. The van der Waals surface area contributed by atoms with E-state index in [9.17, 15) is 9.59 Å². The number of hydrogen-bond donors (Lipinski definition) is 2. The molecule has 0 spiro atoms. The van der Waals surface area contributed by atoms with Crippen molar-refractivity contribution in [1.82, 2.24) is 14.9 Å². The predicted octanol–water partition coefficient (Wildman–Crippen LogP) is 0.600.